The van der Waals surface area contributed by atoms with E-state index in [2.05, 4.69) is 15.9 Å². The van der Waals surface area contributed by atoms with E-state index in [0.29, 0.717) is 10.1 Å². The summed E-state index contributed by atoms with van der Waals surface area (Å²) in [6, 6.07) is 0. The summed E-state index contributed by atoms with van der Waals surface area (Å²) in [6.45, 7) is 5.14. The van der Waals surface area contributed by atoms with Crippen LogP contribution in [-0.2, 0) is 19.2 Å². The van der Waals surface area contributed by atoms with Crippen LogP contribution < -0.4 is 0 Å². The minimum absolute atomic E-state index is 0.0318. The highest BCUT2D eigenvalue weighted by molar-refractivity contribution is 9.12. The highest BCUT2D eigenvalue weighted by Gasteiger charge is 2.72. The van der Waals surface area contributed by atoms with Crippen molar-refractivity contribution < 1.29 is 44.0 Å². The third kappa shape index (κ3) is 3.44. The smallest absolute Gasteiger partial charge is 0.333 e. The standard InChI is InChI=1S/C26H30BrFO8/c1-11-6-14-12-7-17(28)15-8-18(29)16(27)10-24(15,2)13(12)4-5-25(14,3)26(11,22(34)23(35)36)21(33)19(30)9-20(31)32/h4,8,10-12,14,17,19,22,30,34H,5-7,9H2,1-3H3,(H,31,32)(H,35,36)/t11-,12-,14+,17-,19?,22?,24-,25+,26-/m1/s1. The fourth-order valence-corrected chi connectivity index (χ4v) is 8.53. The Kier molecular flexibility index (Phi) is 6.50. The predicted octanol–water partition coefficient (Wildman–Crippen LogP) is 2.97. The Morgan fingerprint density at radius 3 is 2.39 bits per heavy atom. The van der Waals surface area contributed by atoms with Crippen LogP contribution in [0.5, 0.6) is 0 Å². The van der Waals surface area contributed by atoms with Crippen LogP contribution in [-0.4, -0.2) is 62.3 Å². The summed E-state index contributed by atoms with van der Waals surface area (Å²) in [5.41, 5.74) is -2.83. The molecule has 8 nitrogen and oxygen atoms in total. The number of Topliss-reactive ketones (excluding diaryl/α,β-unsaturated/α-hetero) is 1. The maximum atomic E-state index is 15.6. The van der Waals surface area contributed by atoms with E-state index in [1.165, 1.54) is 6.08 Å². The average Bonchev–Trinajstić information content (AvgIpc) is 3.01. The monoisotopic (exact) mass is 568 g/mol. The maximum absolute atomic E-state index is 15.6. The first-order valence-electron chi connectivity index (χ1n) is 12.0. The number of carboxylic acids is 2. The van der Waals surface area contributed by atoms with Gasteiger partial charge in [0.1, 0.15) is 12.3 Å². The van der Waals surface area contributed by atoms with Gasteiger partial charge in [-0.05, 0) is 76.9 Å². The molecule has 36 heavy (non-hydrogen) atoms. The molecule has 4 N–H and O–H groups in total. The molecule has 2 unspecified atom stereocenters. The van der Waals surface area contributed by atoms with Crippen molar-refractivity contribution in [1.29, 1.82) is 0 Å². The molecule has 9 atom stereocenters. The predicted molar refractivity (Wildman–Crippen MR) is 129 cm³/mol. The quantitative estimate of drug-likeness (QED) is 0.357. The molecule has 0 spiro atoms. The van der Waals surface area contributed by atoms with Gasteiger partial charge in [-0.1, -0.05) is 31.6 Å². The second-order valence-corrected chi connectivity index (χ2v) is 11.9. The number of hydrogen-bond donors (Lipinski definition) is 4. The first-order valence-corrected chi connectivity index (χ1v) is 12.8. The lowest BCUT2D eigenvalue weighted by Crippen LogP contribution is -2.62. The van der Waals surface area contributed by atoms with Crippen LogP contribution in [0.1, 0.15) is 46.5 Å². The molecule has 0 bridgehead atoms. The summed E-state index contributed by atoms with van der Waals surface area (Å²) < 4.78 is 15.9. The molecule has 2 saturated carbocycles. The summed E-state index contributed by atoms with van der Waals surface area (Å²) in [4.78, 5) is 49.3. The van der Waals surface area contributed by atoms with E-state index in [4.69, 9.17) is 5.11 Å². The minimum Gasteiger partial charge on any atom is -0.481 e. The summed E-state index contributed by atoms with van der Waals surface area (Å²) in [5, 5.41) is 40.5. The Balaban J connectivity index is 1.88. The van der Waals surface area contributed by atoms with Gasteiger partial charge in [-0.25, -0.2) is 9.18 Å². The van der Waals surface area contributed by atoms with Gasteiger partial charge in [-0.3, -0.25) is 14.4 Å². The number of carbonyl (C=O) groups excluding carboxylic acids is 2. The fraction of sp³-hybridized carbons (Fsp3) is 0.615. The summed E-state index contributed by atoms with van der Waals surface area (Å²) in [6.07, 6.45) is -1.22. The molecule has 10 heteroatoms. The number of rotatable bonds is 6. The topological polar surface area (TPSA) is 149 Å². The van der Waals surface area contributed by atoms with Gasteiger partial charge < -0.3 is 20.4 Å². The van der Waals surface area contributed by atoms with E-state index in [9.17, 15) is 34.5 Å². The number of alkyl halides is 1. The van der Waals surface area contributed by atoms with Gasteiger partial charge in [0.25, 0.3) is 0 Å². The molecular formula is C26H30BrFO8. The zero-order valence-corrected chi connectivity index (χ0v) is 21.8. The second kappa shape index (κ2) is 8.70. The molecule has 4 rings (SSSR count). The molecule has 0 aromatic heterocycles. The van der Waals surface area contributed by atoms with Gasteiger partial charge in [0, 0.05) is 5.41 Å². The number of carboxylic acid groups (broad SMARTS) is 2. The van der Waals surface area contributed by atoms with E-state index in [-0.39, 0.29) is 25.0 Å². The van der Waals surface area contributed by atoms with Crippen LogP contribution in [0.2, 0.25) is 0 Å². The highest BCUT2D eigenvalue weighted by atomic mass is 79.9. The van der Waals surface area contributed by atoms with Crippen LogP contribution in [0.4, 0.5) is 4.39 Å². The number of allylic oxidation sites excluding steroid dienone is 6. The van der Waals surface area contributed by atoms with Gasteiger partial charge in [-0.2, -0.15) is 0 Å². The van der Waals surface area contributed by atoms with Crippen molar-refractivity contribution in [1.82, 2.24) is 0 Å². The molecule has 0 heterocycles. The first kappa shape index (κ1) is 26.9. The highest BCUT2D eigenvalue weighted by Crippen LogP contribution is 2.71. The van der Waals surface area contributed by atoms with Crippen molar-refractivity contribution in [2.75, 3.05) is 0 Å². The maximum Gasteiger partial charge on any atom is 0.333 e. The Labute approximate surface area is 216 Å². The number of carbonyl (C=O) groups is 4. The van der Waals surface area contributed by atoms with Gasteiger partial charge in [0.05, 0.1) is 16.3 Å². The van der Waals surface area contributed by atoms with E-state index < -0.39 is 76.5 Å². The van der Waals surface area contributed by atoms with Crippen LogP contribution in [0.15, 0.2) is 33.9 Å². The van der Waals surface area contributed by atoms with Crippen molar-refractivity contribution in [2.45, 2.75) is 64.8 Å². The van der Waals surface area contributed by atoms with Crippen LogP contribution in [0.25, 0.3) is 0 Å². The molecule has 4 aliphatic carbocycles. The molecule has 0 aromatic rings. The molecule has 0 saturated heterocycles. The van der Waals surface area contributed by atoms with Crippen LogP contribution >= 0.6 is 15.9 Å². The Hall–Kier alpha value is -2.17. The average molecular weight is 569 g/mol. The van der Waals surface area contributed by atoms with Crippen molar-refractivity contribution in [3.8, 4) is 0 Å². The minimum atomic E-state index is -2.19. The molecule has 0 aliphatic heterocycles. The Morgan fingerprint density at radius 1 is 1.17 bits per heavy atom. The number of ketones is 2. The van der Waals surface area contributed by atoms with Gasteiger partial charge in [0.15, 0.2) is 17.7 Å². The normalized spacial score (nSPS) is 41.1. The Bertz CT molecular complexity index is 1140. The van der Waals surface area contributed by atoms with E-state index in [0.717, 1.165) is 5.57 Å². The van der Waals surface area contributed by atoms with Crippen molar-refractivity contribution in [2.24, 2.45) is 34.0 Å². The molecule has 0 radical (unpaired) electrons. The molecule has 2 fully saturated rings. The van der Waals surface area contributed by atoms with E-state index >= 15 is 4.39 Å². The molecule has 0 aromatic carbocycles. The lowest BCUT2D eigenvalue weighted by Gasteiger charge is -2.56. The van der Waals surface area contributed by atoms with E-state index in [1.807, 2.05) is 13.0 Å². The zero-order chi connectivity index (χ0) is 27.0. The second-order valence-electron chi connectivity index (χ2n) is 11.1. The lowest BCUT2D eigenvalue weighted by molar-refractivity contribution is -0.181. The van der Waals surface area contributed by atoms with Gasteiger partial charge >= 0.3 is 11.9 Å². The number of aliphatic carboxylic acids is 2. The van der Waals surface area contributed by atoms with Crippen LogP contribution in [0, 0.1) is 34.0 Å². The SMILES string of the molecule is C[C@@H]1C[C@H]2[C@@H]3C[C@@H](F)C4=CC(=O)C(Br)=C[C@]4(C)C3=CC[C@]2(C)[C@]1(C(=O)C(O)CC(=O)O)C(O)C(=O)O. The molecule has 196 valence electrons. The molecule has 0 amide bonds. The zero-order valence-electron chi connectivity index (χ0n) is 20.2. The number of hydrogen-bond acceptors (Lipinski definition) is 6. The number of aliphatic hydroxyl groups excluding tert-OH is 2. The number of fused-ring (bicyclic) bond motifs is 5. The van der Waals surface area contributed by atoms with Crippen LogP contribution in [0.3, 0.4) is 0 Å². The summed E-state index contributed by atoms with van der Waals surface area (Å²) in [5.74, 6) is -5.99. The largest absolute Gasteiger partial charge is 0.481 e. The van der Waals surface area contributed by atoms with Crippen molar-refractivity contribution in [3.63, 3.8) is 0 Å². The Morgan fingerprint density at radius 2 is 1.81 bits per heavy atom. The third-order valence-electron chi connectivity index (χ3n) is 9.46. The lowest BCUT2D eigenvalue weighted by atomic mass is 9.47. The van der Waals surface area contributed by atoms with Gasteiger partial charge in [-0.15, -0.1) is 0 Å². The van der Waals surface area contributed by atoms with E-state index in [1.54, 1.807) is 19.9 Å². The first-order chi connectivity index (χ1) is 16.6. The molecular weight excluding hydrogens is 539 g/mol. The number of halogens is 2. The van der Waals surface area contributed by atoms with Crippen molar-refractivity contribution >= 4 is 39.4 Å². The fourth-order valence-electron chi connectivity index (χ4n) is 7.96. The number of aliphatic hydroxyl groups is 2. The molecule has 4 aliphatic rings. The third-order valence-corrected chi connectivity index (χ3v) is 10.1. The van der Waals surface area contributed by atoms with Gasteiger partial charge in [0.2, 0.25) is 0 Å². The van der Waals surface area contributed by atoms with Crippen molar-refractivity contribution in [3.05, 3.63) is 33.9 Å². The summed E-state index contributed by atoms with van der Waals surface area (Å²) in [7, 11) is 0. The summed E-state index contributed by atoms with van der Waals surface area (Å²) >= 11 is 3.27.